The molecule has 2 heterocycles. The molecule has 0 radical (unpaired) electrons. The fourth-order valence-corrected chi connectivity index (χ4v) is 8.72. The number of likely N-dealkylation sites (N-methyl/N-ethyl adjacent to an activating group) is 2. The van der Waals surface area contributed by atoms with Crippen molar-refractivity contribution in [2.24, 2.45) is 17.3 Å². The van der Waals surface area contributed by atoms with Crippen molar-refractivity contribution in [3.05, 3.63) is 30.3 Å². The minimum absolute atomic E-state index is 0.0152. The topological polar surface area (TPSA) is 138 Å². The summed E-state index contributed by atoms with van der Waals surface area (Å²) >= 11 is 0. The van der Waals surface area contributed by atoms with Gasteiger partial charge in [0.05, 0.1) is 40.8 Å². The number of methoxy groups -OCH3 is 1. The van der Waals surface area contributed by atoms with E-state index < -0.39 is 57.5 Å². The molecular formula is C35H61N3O9S. The van der Waals surface area contributed by atoms with E-state index in [1.54, 1.807) is 51.3 Å². The molecule has 276 valence electrons. The smallest absolute Gasteiger partial charge is 0.314 e. The van der Waals surface area contributed by atoms with Crippen LogP contribution in [0.25, 0.3) is 0 Å². The molecule has 2 aliphatic heterocycles. The SMILES string of the molecule is CO[C@]1(C)C[C@@H](C)CN(C)CCN(S(=O)(=O)c2ccccc2)CCCOC(=O)C(C)(C)C(O)[C@H](C)[C@H]1O[C@@H]1O[C@H](C)C[C@H](N(C)C)[C@H]1O. The summed E-state index contributed by atoms with van der Waals surface area (Å²) in [5.74, 6) is -1.21. The molecule has 13 heteroatoms. The summed E-state index contributed by atoms with van der Waals surface area (Å²) in [5, 5.41) is 23.2. The standard InChI is InChI=1S/C35H61N3O9S/c1-24-22-35(6,44-10)31(47-32-29(39)28(36(7)8)21-25(2)46-32)26(3)30(40)34(4,5)33(41)45-20-14-17-38(19-18-37(9)23-24)48(42,43)27-15-12-11-13-16-27/h11-13,15-16,24-26,28-32,39-40H,14,17-23H2,1-10H3/t24-,25-,26+,28+,29-,30?,31-,32+,35-/m1/s1. The molecule has 3 rings (SSSR count). The largest absolute Gasteiger partial charge is 0.465 e. The first-order valence-electron chi connectivity index (χ1n) is 17.1. The Bertz CT molecular complexity index is 1270. The van der Waals surface area contributed by atoms with Gasteiger partial charge in [0.25, 0.3) is 0 Å². The fourth-order valence-electron chi connectivity index (χ4n) is 7.23. The number of rotatable bonds is 6. The van der Waals surface area contributed by atoms with E-state index in [0.29, 0.717) is 25.9 Å². The van der Waals surface area contributed by atoms with E-state index in [0.717, 1.165) is 0 Å². The lowest BCUT2D eigenvalue weighted by Gasteiger charge is -2.48. The van der Waals surface area contributed by atoms with E-state index in [-0.39, 0.29) is 49.1 Å². The molecule has 0 aromatic heterocycles. The maximum Gasteiger partial charge on any atom is 0.314 e. The molecule has 2 saturated heterocycles. The molecule has 0 amide bonds. The zero-order valence-electron chi connectivity index (χ0n) is 30.7. The van der Waals surface area contributed by atoms with Crippen LogP contribution in [-0.2, 0) is 33.8 Å². The lowest BCUT2D eigenvalue weighted by Crippen LogP contribution is -2.60. The Balaban J connectivity index is 1.97. The van der Waals surface area contributed by atoms with Gasteiger partial charge in [-0.2, -0.15) is 4.31 Å². The fraction of sp³-hybridized carbons (Fsp3) is 0.800. The molecule has 1 aromatic rings. The zero-order chi connectivity index (χ0) is 36.0. The molecule has 2 aliphatic rings. The highest BCUT2D eigenvalue weighted by molar-refractivity contribution is 7.89. The molecule has 9 atom stereocenters. The average Bonchev–Trinajstić information content (AvgIpc) is 3.03. The lowest BCUT2D eigenvalue weighted by molar-refractivity contribution is -0.302. The quantitative estimate of drug-likeness (QED) is 0.424. The number of benzene rings is 1. The monoisotopic (exact) mass is 699 g/mol. The number of ether oxygens (including phenoxy) is 4. The number of aliphatic hydroxyl groups is 2. The number of carbonyl (C=O) groups excluding carboxylic acids is 1. The van der Waals surface area contributed by atoms with Gasteiger partial charge in [-0.3, -0.25) is 4.79 Å². The Labute approximate surface area is 288 Å². The molecule has 1 unspecified atom stereocenters. The van der Waals surface area contributed by atoms with Crippen molar-refractivity contribution >= 4 is 16.0 Å². The number of esters is 1. The molecule has 12 nitrogen and oxygen atoms in total. The van der Waals surface area contributed by atoms with Crippen LogP contribution in [0.2, 0.25) is 0 Å². The van der Waals surface area contributed by atoms with Crippen LogP contribution in [0.15, 0.2) is 35.2 Å². The normalized spacial score (nSPS) is 36.0. The number of sulfonamides is 1. The molecule has 48 heavy (non-hydrogen) atoms. The first-order valence-corrected chi connectivity index (χ1v) is 18.6. The predicted octanol–water partition coefficient (Wildman–Crippen LogP) is 2.82. The number of carbonyl (C=O) groups is 1. The number of hydrogen-bond donors (Lipinski definition) is 2. The minimum Gasteiger partial charge on any atom is -0.465 e. The van der Waals surface area contributed by atoms with Gasteiger partial charge in [-0.25, -0.2) is 8.42 Å². The molecule has 1 aromatic carbocycles. The summed E-state index contributed by atoms with van der Waals surface area (Å²) in [7, 11) is 3.60. The summed E-state index contributed by atoms with van der Waals surface area (Å²) in [5.41, 5.74) is -2.33. The average molecular weight is 700 g/mol. The number of hydrogen-bond acceptors (Lipinski definition) is 11. The molecular weight excluding hydrogens is 638 g/mol. The molecule has 2 N–H and O–H groups in total. The number of aliphatic hydroxyl groups excluding tert-OH is 2. The molecule has 0 aliphatic carbocycles. The minimum atomic E-state index is -3.78. The Morgan fingerprint density at radius 3 is 2.27 bits per heavy atom. The van der Waals surface area contributed by atoms with Crippen LogP contribution in [0.5, 0.6) is 0 Å². The third kappa shape index (κ3) is 9.76. The van der Waals surface area contributed by atoms with Crippen molar-refractivity contribution in [3.63, 3.8) is 0 Å². The maximum atomic E-state index is 13.6. The Morgan fingerprint density at radius 1 is 1.02 bits per heavy atom. The van der Waals surface area contributed by atoms with E-state index in [4.69, 9.17) is 18.9 Å². The van der Waals surface area contributed by atoms with Gasteiger partial charge in [-0.1, -0.05) is 32.0 Å². The predicted molar refractivity (Wildman–Crippen MR) is 184 cm³/mol. The van der Waals surface area contributed by atoms with E-state index in [2.05, 4.69) is 11.8 Å². The van der Waals surface area contributed by atoms with Crippen LogP contribution in [0.1, 0.15) is 60.8 Å². The van der Waals surface area contributed by atoms with Gasteiger partial charge in [0, 0.05) is 45.2 Å². The second kappa shape index (κ2) is 17.0. The van der Waals surface area contributed by atoms with Gasteiger partial charge in [-0.05, 0) is 86.2 Å². The third-order valence-electron chi connectivity index (χ3n) is 10.1. The molecule has 2 fully saturated rings. The van der Waals surface area contributed by atoms with Crippen molar-refractivity contribution in [1.82, 2.24) is 14.1 Å². The van der Waals surface area contributed by atoms with Crippen LogP contribution in [-0.4, -0.2) is 142 Å². The van der Waals surface area contributed by atoms with Gasteiger partial charge in [-0.15, -0.1) is 0 Å². The zero-order valence-corrected chi connectivity index (χ0v) is 31.5. The van der Waals surface area contributed by atoms with Crippen molar-refractivity contribution in [2.75, 3.05) is 61.0 Å². The van der Waals surface area contributed by atoms with Crippen LogP contribution in [0.4, 0.5) is 0 Å². The van der Waals surface area contributed by atoms with Gasteiger partial charge < -0.3 is 39.0 Å². The van der Waals surface area contributed by atoms with Crippen LogP contribution >= 0.6 is 0 Å². The second-order valence-electron chi connectivity index (χ2n) is 14.9. The Morgan fingerprint density at radius 2 is 1.67 bits per heavy atom. The van der Waals surface area contributed by atoms with Crippen molar-refractivity contribution in [3.8, 4) is 0 Å². The van der Waals surface area contributed by atoms with Crippen molar-refractivity contribution < 1.29 is 42.4 Å². The Kier molecular flexibility index (Phi) is 14.4. The van der Waals surface area contributed by atoms with E-state index >= 15 is 0 Å². The number of nitrogens with zero attached hydrogens (tertiary/aromatic N) is 3. The van der Waals surface area contributed by atoms with Crippen molar-refractivity contribution in [1.29, 1.82) is 0 Å². The van der Waals surface area contributed by atoms with Crippen LogP contribution in [0, 0.1) is 17.3 Å². The molecule has 0 bridgehead atoms. The summed E-state index contributed by atoms with van der Waals surface area (Å²) in [6.45, 7) is 12.6. The molecule has 0 saturated carbocycles. The summed E-state index contributed by atoms with van der Waals surface area (Å²) in [4.78, 5) is 17.8. The first kappa shape index (κ1) is 40.7. The van der Waals surface area contributed by atoms with Crippen LogP contribution in [0.3, 0.4) is 0 Å². The van der Waals surface area contributed by atoms with E-state index in [9.17, 15) is 23.4 Å². The van der Waals surface area contributed by atoms with Gasteiger partial charge in [0.2, 0.25) is 10.0 Å². The summed E-state index contributed by atoms with van der Waals surface area (Å²) < 4.78 is 53.4. The highest BCUT2D eigenvalue weighted by atomic mass is 32.2. The highest BCUT2D eigenvalue weighted by Crippen LogP contribution is 2.39. The number of cyclic esters (lactones) is 1. The third-order valence-corrected chi connectivity index (χ3v) is 12.1. The van der Waals surface area contributed by atoms with Crippen molar-refractivity contribution in [2.45, 2.75) is 108 Å². The van der Waals surface area contributed by atoms with E-state index in [1.807, 2.05) is 46.8 Å². The Hall–Kier alpha value is -1.68. The maximum absolute atomic E-state index is 13.6. The summed E-state index contributed by atoms with van der Waals surface area (Å²) in [6, 6.07) is 8.13. The highest BCUT2D eigenvalue weighted by Gasteiger charge is 2.51. The van der Waals surface area contributed by atoms with Gasteiger partial charge in [0.1, 0.15) is 6.10 Å². The van der Waals surface area contributed by atoms with Gasteiger partial charge in [0.15, 0.2) is 6.29 Å². The first-order chi connectivity index (χ1) is 22.3. The van der Waals surface area contributed by atoms with Crippen LogP contribution < -0.4 is 0 Å². The summed E-state index contributed by atoms with van der Waals surface area (Å²) in [6.07, 6.45) is -2.73. The van der Waals surface area contributed by atoms with E-state index in [1.165, 1.54) is 4.31 Å². The van der Waals surface area contributed by atoms with Gasteiger partial charge >= 0.3 is 5.97 Å². The lowest BCUT2D eigenvalue weighted by atomic mass is 9.73. The molecule has 0 spiro atoms. The second-order valence-corrected chi connectivity index (χ2v) is 16.9.